The number of fused-ring (bicyclic) bond motifs is 1. The van der Waals surface area contributed by atoms with E-state index in [1.54, 1.807) is 19.5 Å². The van der Waals surface area contributed by atoms with Crippen molar-refractivity contribution < 1.29 is 9.53 Å². The summed E-state index contributed by atoms with van der Waals surface area (Å²) in [5.74, 6) is 0.142. The van der Waals surface area contributed by atoms with Gasteiger partial charge in [0.1, 0.15) is 5.52 Å². The first-order chi connectivity index (χ1) is 11.8. The maximum atomic E-state index is 12.3. The zero-order valence-electron chi connectivity index (χ0n) is 13.9. The van der Waals surface area contributed by atoms with Crippen LogP contribution in [0.1, 0.15) is 19.3 Å². The van der Waals surface area contributed by atoms with Crippen molar-refractivity contribution in [3.05, 3.63) is 24.7 Å². The lowest BCUT2D eigenvalue weighted by Crippen LogP contribution is -2.43. The van der Waals surface area contributed by atoms with Gasteiger partial charge in [-0.15, -0.1) is 0 Å². The van der Waals surface area contributed by atoms with Crippen LogP contribution in [0.3, 0.4) is 0 Å². The molecule has 1 saturated heterocycles. The van der Waals surface area contributed by atoms with E-state index < -0.39 is 0 Å². The van der Waals surface area contributed by atoms with E-state index >= 15 is 0 Å². The predicted octanol–water partition coefficient (Wildman–Crippen LogP) is 1.39. The minimum Gasteiger partial charge on any atom is -0.385 e. The van der Waals surface area contributed by atoms with E-state index in [0.29, 0.717) is 25.3 Å². The highest BCUT2D eigenvalue weighted by atomic mass is 16.5. The Morgan fingerprint density at radius 2 is 2.25 bits per heavy atom. The normalized spacial score (nSPS) is 17.9. The van der Waals surface area contributed by atoms with Crippen molar-refractivity contribution in [3.63, 3.8) is 0 Å². The Morgan fingerprint density at radius 3 is 3.12 bits per heavy atom. The molecule has 0 bridgehead atoms. The average molecular weight is 329 g/mol. The number of hydrogen-bond donors (Lipinski definition) is 1. The molecule has 0 radical (unpaired) electrons. The van der Waals surface area contributed by atoms with Crippen molar-refractivity contribution >= 4 is 22.8 Å². The molecule has 128 valence electrons. The predicted molar refractivity (Wildman–Crippen MR) is 91.8 cm³/mol. The molecule has 0 spiro atoms. The first-order valence-corrected chi connectivity index (χ1v) is 8.36. The Morgan fingerprint density at radius 1 is 1.38 bits per heavy atom. The van der Waals surface area contributed by atoms with Gasteiger partial charge in [-0.05, 0) is 25.3 Å². The second-order valence-corrected chi connectivity index (χ2v) is 6.02. The zero-order valence-corrected chi connectivity index (χ0v) is 13.9. The van der Waals surface area contributed by atoms with Gasteiger partial charge >= 0.3 is 0 Å². The van der Waals surface area contributed by atoms with Gasteiger partial charge in [0.05, 0.1) is 17.8 Å². The molecule has 2 aromatic heterocycles. The first kappa shape index (κ1) is 16.6. The molecule has 1 fully saturated rings. The molecular formula is C17H23N5O2. The maximum absolute atomic E-state index is 12.3. The highest BCUT2D eigenvalue weighted by molar-refractivity contribution is 5.80. The maximum Gasteiger partial charge on any atom is 0.224 e. The van der Waals surface area contributed by atoms with E-state index in [1.165, 1.54) is 0 Å². The van der Waals surface area contributed by atoms with Gasteiger partial charge in [0.2, 0.25) is 5.91 Å². The highest BCUT2D eigenvalue weighted by Gasteiger charge is 2.26. The van der Waals surface area contributed by atoms with E-state index in [2.05, 4.69) is 25.2 Å². The fourth-order valence-electron chi connectivity index (χ4n) is 3.02. The van der Waals surface area contributed by atoms with Gasteiger partial charge in [-0.1, -0.05) is 0 Å². The summed E-state index contributed by atoms with van der Waals surface area (Å²) in [5, 5.41) is 3.01. The van der Waals surface area contributed by atoms with Crippen LogP contribution >= 0.6 is 0 Å². The number of piperidine rings is 1. The molecule has 3 rings (SSSR count). The number of nitrogens with zero attached hydrogens (tertiary/aromatic N) is 4. The number of aromatic nitrogens is 3. The second-order valence-electron chi connectivity index (χ2n) is 6.02. The summed E-state index contributed by atoms with van der Waals surface area (Å²) in [4.78, 5) is 27.4. The quantitative estimate of drug-likeness (QED) is 0.807. The van der Waals surface area contributed by atoms with Crippen LogP contribution in [0.25, 0.3) is 11.2 Å². The lowest BCUT2D eigenvalue weighted by molar-refractivity contribution is -0.125. The summed E-state index contributed by atoms with van der Waals surface area (Å²) < 4.78 is 5.00. The van der Waals surface area contributed by atoms with Gasteiger partial charge in [0.15, 0.2) is 5.65 Å². The summed E-state index contributed by atoms with van der Waals surface area (Å²) >= 11 is 0. The van der Waals surface area contributed by atoms with Gasteiger partial charge in [-0.3, -0.25) is 9.78 Å². The minimum atomic E-state index is 0.0128. The fraction of sp³-hybridized carbons (Fsp3) is 0.529. The molecule has 24 heavy (non-hydrogen) atoms. The Kier molecular flexibility index (Phi) is 5.53. The monoisotopic (exact) mass is 329 g/mol. The molecule has 0 unspecified atom stereocenters. The smallest absolute Gasteiger partial charge is 0.224 e. The number of rotatable bonds is 6. The molecule has 0 aliphatic carbocycles. The van der Waals surface area contributed by atoms with E-state index in [-0.39, 0.29) is 11.8 Å². The third kappa shape index (κ3) is 3.97. The lowest BCUT2D eigenvalue weighted by atomic mass is 9.96. The fourth-order valence-corrected chi connectivity index (χ4v) is 3.02. The lowest BCUT2D eigenvalue weighted by Gasteiger charge is -2.33. The topological polar surface area (TPSA) is 80.2 Å². The summed E-state index contributed by atoms with van der Waals surface area (Å²) in [6, 6.07) is 1.99. The van der Waals surface area contributed by atoms with Crippen LogP contribution in [0.5, 0.6) is 0 Å². The zero-order chi connectivity index (χ0) is 16.8. The van der Waals surface area contributed by atoms with E-state index in [9.17, 15) is 4.79 Å². The molecule has 1 atom stereocenters. The number of methoxy groups -OCH3 is 1. The Labute approximate surface area is 141 Å². The Balaban J connectivity index is 1.62. The standard InChI is InChI=1S/C17H23N5O2/c1-24-9-3-5-20-17(23)13-4-2-8-22(12-13)14-10-15-16(21-11-14)19-7-6-18-15/h6-7,10-11,13H,2-5,8-9,12H2,1H3,(H,20,23)/t13-/m1/s1. The Hall–Kier alpha value is -2.28. The number of carbonyl (C=O) groups is 1. The molecule has 2 aromatic rings. The number of nitrogens with one attached hydrogen (secondary N) is 1. The number of ether oxygens (including phenoxy) is 1. The molecule has 1 N–H and O–H groups in total. The molecular weight excluding hydrogens is 306 g/mol. The van der Waals surface area contributed by atoms with Gasteiger partial charge < -0.3 is 15.0 Å². The van der Waals surface area contributed by atoms with Gasteiger partial charge in [0.25, 0.3) is 0 Å². The largest absolute Gasteiger partial charge is 0.385 e. The van der Waals surface area contributed by atoms with Crippen molar-refractivity contribution in [1.29, 1.82) is 0 Å². The molecule has 3 heterocycles. The van der Waals surface area contributed by atoms with Crippen molar-refractivity contribution in [3.8, 4) is 0 Å². The van der Waals surface area contributed by atoms with Gasteiger partial charge in [-0.25, -0.2) is 9.97 Å². The number of amides is 1. The molecule has 1 amide bonds. The molecule has 1 aliphatic heterocycles. The second kappa shape index (κ2) is 8.01. The van der Waals surface area contributed by atoms with Crippen molar-refractivity contribution in [2.24, 2.45) is 5.92 Å². The molecule has 0 aromatic carbocycles. The van der Waals surface area contributed by atoms with E-state index in [4.69, 9.17) is 4.74 Å². The minimum absolute atomic E-state index is 0.0128. The first-order valence-electron chi connectivity index (χ1n) is 8.36. The van der Waals surface area contributed by atoms with Gasteiger partial charge in [0, 0.05) is 45.7 Å². The van der Waals surface area contributed by atoms with Crippen LogP contribution in [0.15, 0.2) is 24.7 Å². The summed E-state index contributed by atoms with van der Waals surface area (Å²) in [6.45, 7) is 2.97. The Bertz CT molecular complexity index is 693. The van der Waals surface area contributed by atoms with Crippen LogP contribution in [-0.4, -0.2) is 54.2 Å². The molecule has 7 heteroatoms. The van der Waals surface area contributed by atoms with Crippen LogP contribution in [0.2, 0.25) is 0 Å². The molecule has 7 nitrogen and oxygen atoms in total. The number of hydrogen-bond acceptors (Lipinski definition) is 6. The number of anilines is 1. The van der Waals surface area contributed by atoms with Crippen LogP contribution in [0, 0.1) is 5.92 Å². The molecule has 1 aliphatic rings. The summed E-state index contributed by atoms with van der Waals surface area (Å²) in [5.41, 5.74) is 2.42. The van der Waals surface area contributed by atoms with Crippen LogP contribution < -0.4 is 10.2 Å². The summed E-state index contributed by atoms with van der Waals surface area (Å²) in [6.07, 6.45) is 7.88. The van der Waals surface area contributed by atoms with E-state index in [0.717, 1.165) is 37.0 Å². The third-order valence-electron chi connectivity index (χ3n) is 4.29. The van der Waals surface area contributed by atoms with Crippen molar-refractivity contribution in [2.75, 3.05) is 38.3 Å². The summed E-state index contributed by atoms with van der Waals surface area (Å²) in [7, 11) is 1.67. The number of carbonyl (C=O) groups excluding carboxylic acids is 1. The van der Waals surface area contributed by atoms with Crippen LogP contribution in [0.4, 0.5) is 5.69 Å². The SMILES string of the molecule is COCCCNC(=O)[C@@H]1CCCN(c2cnc3nccnc3c2)C1. The van der Waals surface area contributed by atoms with Crippen molar-refractivity contribution in [1.82, 2.24) is 20.3 Å². The average Bonchev–Trinajstić information content (AvgIpc) is 2.65. The van der Waals surface area contributed by atoms with Crippen LogP contribution in [-0.2, 0) is 9.53 Å². The third-order valence-corrected chi connectivity index (χ3v) is 4.29. The number of pyridine rings is 1. The molecule has 0 saturated carbocycles. The highest BCUT2D eigenvalue weighted by Crippen LogP contribution is 2.24. The van der Waals surface area contributed by atoms with Crippen molar-refractivity contribution in [2.45, 2.75) is 19.3 Å². The van der Waals surface area contributed by atoms with Gasteiger partial charge in [-0.2, -0.15) is 0 Å². The van der Waals surface area contributed by atoms with E-state index in [1.807, 2.05) is 12.3 Å².